The summed E-state index contributed by atoms with van der Waals surface area (Å²) in [5.41, 5.74) is 3.38. The quantitative estimate of drug-likeness (QED) is 0.160. The first-order chi connectivity index (χ1) is 17.3. The van der Waals surface area contributed by atoms with Gasteiger partial charge in [-0.05, 0) is 80.1 Å². The Morgan fingerprint density at radius 2 is 1.72 bits per heavy atom. The number of hydrogen-bond donors (Lipinski definition) is 1. The smallest absolute Gasteiger partial charge is 0.343 e. The Morgan fingerprint density at radius 1 is 1.00 bits per heavy atom. The molecule has 10 heteroatoms. The van der Waals surface area contributed by atoms with Crippen molar-refractivity contribution in [2.75, 3.05) is 13.7 Å². The van der Waals surface area contributed by atoms with Crippen molar-refractivity contribution in [2.45, 2.75) is 20.0 Å². The van der Waals surface area contributed by atoms with Crippen molar-refractivity contribution in [3.63, 3.8) is 0 Å². The van der Waals surface area contributed by atoms with Gasteiger partial charge < -0.3 is 18.9 Å². The topological polar surface area (TPSA) is 95.5 Å². The minimum atomic E-state index is -0.862. The molecule has 8 nitrogen and oxygen atoms in total. The summed E-state index contributed by atoms with van der Waals surface area (Å²) in [6.07, 6.45) is 0.567. The van der Waals surface area contributed by atoms with Crippen LogP contribution in [0.15, 0.2) is 65.8 Å². The molecule has 36 heavy (non-hydrogen) atoms. The third kappa shape index (κ3) is 7.37. The average Bonchev–Trinajstić information content (AvgIpc) is 2.87. The van der Waals surface area contributed by atoms with Gasteiger partial charge in [0.25, 0.3) is 5.91 Å². The van der Waals surface area contributed by atoms with Crippen molar-refractivity contribution in [1.29, 1.82) is 0 Å². The second-order valence-electron chi connectivity index (χ2n) is 7.33. The lowest BCUT2D eigenvalue weighted by Crippen LogP contribution is -2.33. The minimum Gasteiger partial charge on any atom is -0.497 e. The van der Waals surface area contributed by atoms with E-state index in [1.54, 1.807) is 68.6 Å². The first kappa shape index (κ1) is 26.8. The molecule has 0 saturated carbocycles. The van der Waals surface area contributed by atoms with Gasteiger partial charge in [0.1, 0.15) is 11.5 Å². The number of carbonyl (C=O) groups is 2. The lowest BCUT2D eigenvalue weighted by Gasteiger charge is -2.14. The van der Waals surface area contributed by atoms with Crippen molar-refractivity contribution in [2.24, 2.45) is 5.10 Å². The summed E-state index contributed by atoms with van der Waals surface area (Å²) in [7, 11) is 1.55. The van der Waals surface area contributed by atoms with Crippen molar-refractivity contribution in [3.05, 3.63) is 81.8 Å². The van der Waals surface area contributed by atoms with Gasteiger partial charge in [-0.15, -0.1) is 0 Å². The number of esters is 1. The van der Waals surface area contributed by atoms with E-state index in [1.165, 1.54) is 12.3 Å². The fraction of sp³-hybridized carbons (Fsp3) is 0.192. The van der Waals surface area contributed by atoms with Gasteiger partial charge in [-0.3, -0.25) is 4.79 Å². The largest absolute Gasteiger partial charge is 0.497 e. The fourth-order valence-electron chi connectivity index (χ4n) is 2.92. The number of carbonyl (C=O) groups excluding carboxylic acids is 2. The predicted octanol–water partition coefficient (Wildman–Crippen LogP) is 5.54. The third-order valence-corrected chi connectivity index (χ3v) is 5.28. The molecular weight excluding hydrogens is 507 g/mol. The van der Waals surface area contributed by atoms with E-state index in [9.17, 15) is 9.59 Å². The normalized spacial score (nSPS) is 11.6. The maximum Gasteiger partial charge on any atom is 0.343 e. The van der Waals surface area contributed by atoms with E-state index >= 15 is 0 Å². The maximum atomic E-state index is 12.5. The monoisotopic (exact) mass is 530 g/mol. The molecule has 0 aliphatic rings. The Morgan fingerprint density at radius 3 is 2.39 bits per heavy atom. The summed E-state index contributed by atoms with van der Waals surface area (Å²) in [5, 5.41) is 4.72. The molecular formula is C26H24Cl2N2O6. The number of amides is 1. The molecule has 0 unspecified atom stereocenters. The maximum absolute atomic E-state index is 12.5. The molecule has 0 aromatic heterocycles. The van der Waals surface area contributed by atoms with E-state index in [0.717, 1.165) is 0 Å². The van der Waals surface area contributed by atoms with Crippen LogP contribution in [0.25, 0.3) is 0 Å². The molecule has 0 spiro atoms. The number of benzene rings is 3. The summed E-state index contributed by atoms with van der Waals surface area (Å²) in [6.45, 7) is 3.73. The van der Waals surface area contributed by atoms with Crippen LogP contribution in [0.5, 0.6) is 23.0 Å². The first-order valence-electron chi connectivity index (χ1n) is 10.9. The minimum absolute atomic E-state index is 0.251. The van der Waals surface area contributed by atoms with Crippen LogP contribution in [0.2, 0.25) is 10.0 Å². The van der Waals surface area contributed by atoms with E-state index < -0.39 is 18.0 Å². The molecule has 0 heterocycles. The Hall–Kier alpha value is -3.75. The molecule has 3 aromatic rings. The number of halogens is 2. The molecule has 1 atom stereocenters. The average molecular weight is 531 g/mol. The highest BCUT2D eigenvalue weighted by Crippen LogP contribution is 2.30. The number of hydrogen-bond acceptors (Lipinski definition) is 7. The summed E-state index contributed by atoms with van der Waals surface area (Å²) in [5.74, 6) is 0.541. The molecule has 188 valence electrons. The Kier molecular flexibility index (Phi) is 9.55. The number of hydrazone groups is 1. The van der Waals surface area contributed by atoms with E-state index in [2.05, 4.69) is 10.5 Å². The van der Waals surface area contributed by atoms with E-state index in [1.807, 2.05) is 6.92 Å². The van der Waals surface area contributed by atoms with Crippen LogP contribution < -0.4 is 24.4 Å². The zero-order valence-corrected chi connectivity index (χ0v) is 21.3. The third-order valence-electron chi connectivity index (χ3n) is 4.75. The van der Waals surface area contributed by atoms with Crippen molar-refractivity contribution >= 4 is 41.3 Å². The van der Waals surface area contributed by atoms with Crippen LogP contribution in [0, 0.1) is 0 Å². The molecule has 1 N–H and O–H groups in total. The molecule has 0 aliphatic heterocycles. The van der Waals surface area contributed by atoms with Gasteiger partial charge in [-0.1, -0.05) is 23.2 Å². The predicted molar refractivity (Wildman–Crippen MR) is 138 cm³/mol. The SMILES string of the molecule is CCOc1cc(/C=N\NC(=O)[C@@H](C)Oc2ccc(Cl)cc2Cl)ccc1OC(=O)c1ccc(OC)cc1. The molecule has 3 aromatic carbocycles. The molecule has 0 radical (unpaired) electrons. The summed E-state index contributed by atoms with van der Waals surface area (Å²) in [4.78, 5) is 24.8. The van der Waals surface area contributed by atoms with Gasteiger partial charge in [-0.25, -0.2) is 10.2 Å². The van der Waals surface area contributed by atoms with Gasteiger partial charge in [-0.2, -0.15) is 5.10 Å². The van der Waals surface area contributed by atoms with Crippen LogP contribution in [-0.2, 0) is 4.79 Å². The van der Waals surface area contributed by atoms with Gasteiger partial charge >= 0.3 is 5.97 Å². The van der Waals surface area contributed by atoms with Crippen LogP contribution in [0.3, 0.4) is 0 Å². The number of ether oxygens (including phenoxy) is 4. The highest BCUT2D eigenvalue weighted by Gasteiger charge is 2.16. The number of methoxy groups -OCH3 is 1. The van der Waals surface area contributed by atoms with Gasteiger partial charge in [0.15, 0.2) is 17.6 Å². The Balaban J connectivity index is 1.63. The van der Waals surface area contributed by atoms with E-state index in [0.29, 0.717) is 45.0 Å². The number of nitrogens with zero attached hydrogens (tertiary/aromatic N) is 1. The lowest BCUT2D eigenvalue weighted by atomic mass is 10.2. The Labute approximate surface area is 218 Å². The fourth-order valence-corrected chi connectivity index (χ4v) is 3.37. The van der Waals surface area contributed by atoms with Gasteiger partial charge in [0, 0.05) is 5.02 Å². The second-order valence-corrected chi connectivity index (χ2v) is 8.17. The summed E-state index contributed by atoms with van der Waals surface area (Å²) < 4.78 is 21.8. The van der Waals surface area contributed by atoms with Crippen molar-refractivity contribution in [1.82, 2.24) is 5.43 Å². The van der Waals surface area contributed by atoms with Crippen molar-refractivity contribution < 1.29 is 28.5 Å². The molecule has 0 fully saturated rings. The standard InChI is InChI=1S/C26H24Cl2N2O6/c1-4-34-24-13-17(5-11-23(24)36-26(32)18-6-9-20(33-3)10-7-18)15-29-30-25(31)16(2)35-22-12-8-19(27)14-21(22)28/h5-16H,4H2,1-3H3,(H,30,31)/b29-15-/t16-/m1/s1. The summed E-state index contributed by atoms with van der Waals surface area (Å²) >= 11 is 11.9. The second kappa shape index (κ2) is 12.8. The van der Waals surface area contributed by atoms with Crippen LogP contribution in [-0.4, -0.2) is 37.9 Å². The van der Waals surface area contributed by atoms with E-state index in [4.69, 9.17) is 42.1 Å². The van der Waals surface area contributed by atoms with Crippen LogP contribution in [0.4, 0.5) is 0 Å². The highest BCUT2D eigenvalue weighted by atomic mass is 35.5. The lowest BCUT2D eigenvalue weighted by molar-refractivity contribution is -0.127. The zero-order valence-electron chi connectivity index (χ0n) is 19.8. The molecule has 1 amide bonds. The zero-order chi connectivity index (χ0) is 26.1. The molecule has 3 rings (SSSR count). The molecule has 0 aliphatic carbocycles. The van der Waals surface area contributed by atoms with Crippen LogP contribution >= 0.6 is 23.2 Å². The summed E-state index contributed by atoms with van der Waals surface area (Å²) in [6, 6.07) is 16.2. The Bertz CT molecular complexity index is 1250. The molecule has 0 bridgehead atoms. The van der Waals surface area contributed by atoms with E-state index in [-0.39, 0.29) is 5.75 Å². The van der Waals surface area contributed by atoms with Crippen LogP contribution in [0.1, 0.15) is 29.8 Å². The van der Waals surface area contributed by atoms with Gasteiger partial charge in [0.2, 0.25) is 0 Å². The number of nitrogens with one attached hydrogen (secondary N) is 1. The first-order valence-corrected chi connectivity index (χ1v) is 11.6. The van der Waals surface area contributed by atoms with Crippen molar-refractivity contribution in [3.8, 4) is 23.0 Å². The molecule has 0 saturated heterocycles. The number of rotatable bonds is 10. The van der Waals surface area contributed by atoms with Gasteiger partial charge in [0.05, 0.1) is 30.5 Å². The highest BCUT2D eigenvalue weighted by molar-refractivity contribution is 6.35.